The molecule has 0 aliphatic carbocycles. The van der Waals surface area contributed by atoms with Gasteiger partial charge in [0, 0.05) is 86.3 Å². The van der Waals surface area contributed by atoms with Crippen LogP contribution in [0, 0.1) is 24.7 Å². The Morgan fingerprint density at radius 3 is 2.47 bits per heavy atom. The van der Waals surface area contributed by atoms with E-state index in [0.29, 0.717) is 24.8 Å². The smallest absolute Gasteiger partial charge is 0.307 e. The first-order valence-corrected chi connectivity index (χ1v) is 21.8. The minimum Gasteiger partial charge on any atom is -0.505 e. The lowest BCUT2D eigenvalue weighted by Gasteiger charge is -2.36. The van der Waals surface area contributed by atoms with E-state index in [1.807, 2.05) is 27.8 Å². The van der Waals surface area contributed by atoms with Crippen LogP contribution in [0.25, 0.3) is 38.7 Å². The number of methoxy groups -OCH3 is 1. The number of esters is 1. The van der Waals surface area contributed by atoms with E-state index in [4.69, 9.17) is 33.1 Å². The summed E-state index contributed by atoms with van der Waals surface area (Å²) in [4.78, 5) is 63.8. The number of benzene rings is 3. The average Bonchev–Trinajstić information content (AvgIpc) is 3.53. The highest BCUT2D eigenvalue weighted by molar-refractivity contribution is 6.17. The summed E-state index contributed by atoms with van der Waals surface area (Å²) in [6.07, 6.45) is 6.02. The molecule has 1 amide bonds. The first kappa shape index (κ1) is 44.6. The number of fused-ring (bicyclic) bond motifs is 8. The SMILES string of the molecule is CNC1CCN(c2cc(=O)c3nc4c(oc3c2)c2c(=O)c3c5c(C)c6c(c34)=C(O)[C@@](C)(O/C=C/[C@H](OC)[C@@H](C)[C@@H](OC(C)=O)[C@@H](C[C@H](C)[C@@H](O)[C@@H](C)/C=C/C=C(/C)C(=O)N2)O5)O6)CC1. The van der Waals surface area contributed by atoms with E-state index < -0.39 is 76.4 Å². The molecule has 8 atom stereocenters. The molecule has 1 aromatic heterocycles. The number of nitrogens with zero attached hydrogens (tertiary/aromatic N) is 2. The minimum atomic E-state index is -1.87. The van der Waals surface area contributed by atoms with Crippen molar-refractivity contribution >= 4 is 62.0 Å². The molecule has 64 heavy (non-hydrogen) atoms. The lowest BCUT2D eigenvalue weighted by molar-refractivity contribution is -0.159. The molecule has 0 unspecified atom stereocenters. The molecule has 8 rings (SSSR count). The molecular weight excluding hydrogens is 825 g/mol. The van der Waals surface area contributed by atoms with Gasteiger partial charge in [-0.3, -0.25) is 19.2 Å². The third-order valence-electron chi connectivity index (χ3n) is 13.4. The monoisotopic (exact) mass is 880 g/mol. The number of nitrogens with one attached hydrogen (secondary N) is 2. The number of carbonyl (C=O) groups is 2. The topological polar surface area (TPSA) is 208 Å². The molecule has 4 aliphatic heterocycles. The molecule has 1 saturated heterocycles. The molecule has 0 radical (unpaired) electrons. The number of allylic oxidation sites excluding steroid dienone is 2. The van der Waals surface area contributed by atoms with Crippen LogP contribution in [0.3, 0.4) is 0 Å². The maximum Gasteiger partial charge on any atom is 0.307 e. The fourth-order valence-corrected chi connectivity index (χ4v) is 9.52. The Kier molecular flexibility index (Phi) is 12.0. The molecule has 340 valence electrons. The Bertz CT molecular complexity index is 2830. The van der Waals surface area contributed by atoms with E-state index in [1.165, 1.54) is 33.3 Å². The summed E-state index contributed by atoms with van der Waals surface area (Å²) < 4.78 is 38.3. The number of hydrogen-bond donors (Lipinski definition) is 4. The molecule has 16 heteroatoms. The van der Waals surface area contributed by atoms with Gasteiger partial charge in [0.15, 0.2) is 22.4 Å². The summed E-state index contributed by atoms with van der Waals surface area (Å²) in [7, 11) is 3.42. The van der Waals surface area contributed by atoms with Crippen LogP contribution >= 0.6 is 0 Å². The predicted molar refractivity (Wildman–Crippen MR) is 242 cm³/mol. The van der Waals surface area contributed by atoms with Crippen LogP contribution in [0.4, 0.5) is 11.4 Å². The van der Waals surface area contributed by atoms with Crippen molar-refractivity contribution in [2.75, 3.05) is 37.5 Å². The maximum absolute atomic E-state index is 15.5. The first-order valence-electron chi connectivity index (χ1n) is 21.8. The van der Waals surface area contributed by atoms with Gasteiger partial charge < -0.3 is 53.8 Å². The largest absolute Gasteiger partial charge is 0.505 e. The number of amides is 1. The van der Waals surface area contributed by atoms with Gasteiger partial charge >= 0.3 is 11.8 Å². The summed E-state index contributed by atoms with van der Waals surface area (Å²) in [5.74, 6) is -5.00. The molecular formula is C48H56N4O12. The highest BCUT2D eigenvalue weighted by atomic mass is 16.7. The van der Waals surface area contributed by atoms with E-state index in [-0.39, 0.29) is 72.9 Å². The van der Waals surface area contributed by atoms with Crippen molar-refractivity contribution in [1.82, 2.24) is 10.3 Å². The van der Waals surface area contributed by atoms with Gasteiger partial charge in [-0.1, -0.05) is 39.0 Å². The zero-order valence-corrected chi connectivity index (χ0v) is 37.6. The number of piperidine rings is 1. The maximum atomic E-state index is 15.5. The Hall–Kier alpha value is -5.97. The molecule has 1 fully saturated rings. The second kappa shape index (κ2) is 17.2. The van der Waals surface area contributed by atoms with Crippen LogP contribution in [0.1, 0.15) is 66.4 Å². The first-order chi connectivity index (χ1) is 30.5. The predicted octanol–water partition coefficient (Wildman–Crippen LogP) is 5.20. The number of ether oxygens (including phenoxy) is 5. The van der Waals surface area contributed by atoms with Gasteiger partial charge in [0.05, 0.1) is 29.1 Å². The van der Waals surface area contributed by atoms with E-state index in [0.717, 1.165) is 12.8 Å². The van der Waals surface area contributed by atoms with Crippen molar-refractivity contribution in [3.63, 3.8) is 0 Å². The van der Waals surface area contributed by atoms with Crippen LogP contribution < -0.4 is 41.1 Å². The highest BCUT2D eigenvalue weighted by Gasteiger charge is 2.45. The summed E-state index contributed by atoms with van der Waals surface area (Å²) in [5, 5.41) is 30.0. The van der Waals surface area contributed by atoms with Crippen molar-refractivity contribution < 1.29 is 47.9 Å². The van der Waals surface area contributed by atoms with Gasteiger partial charge in [0.2, 0.25) is 10.9 Å². The van der Waals surface area contributed by atoms with Crippen LogP contribution in [-0.4, -0.2) is 90.6 Å². The molecule has 5 heterocycles. The number of anilines is 2. The van der Waals surface area contributed by atoms with Crippen molar-refractivity contribution in [1.29, 1.82) is 0 Å². The molecule has 4 aromatic rings. The van der Waals surface area contributed by atoms with Gasteiger partial charge in [-0.05, 0) is 52.2 Å². The Morgan fingerprint density at radius 1 is 1.05 bits per heavy atom. The van der Waals surface area contributed by atoms with E-state index in [2.05, 4.69) is 15.5 Å². The van der Waals surface area contributed by atoms with Crippen LogP contribution in [0.2, 0.25) is 0 Å². The lowest BCUT2D eigenvalue weighted by Crippen LogP contribution is -2.46. The summed E-state index contributed by atoms with van der Waals surface area (Å²) in [5.41, 5.74) is -0.574. The summed E-state index contributed by atoms with van der Waals surface area (Å²) >= 11 is 0. The van der Waals surface area contributed by atoms with Gasteiger partial charge in [-0.15, -0.1) is 0 Å². The molecule has 3 aromatic carbocycles. The Balaban J connectivity index is 1.51. The third-order valence-corrected chi connectivity index (χ3v) is 13.4. The Labute approximate surface area is 369 Å². The number of aliphatic hydroxyl groups is 2. The zero-order chi connectivity index (χ0) is 45.9. The second-order valence-corrected chi connectivity index (χ2v) is 17.7. The van der Waals surface area contributed by atoms with Crippen molar-refractivity contribution in [2.24, 2.45) is 17.8 Å². The summed E-state index contributed by atoms with van der Waals surface area (Å²) in [6, 6.07) is 3.56. The fraction of sp³-hybridized carbons (Fsp3) is 0.479. The molecule has 0 spiro atoms. The van der Waals surface area contributed by atoms with E-state index in [9.17, 15) is 24.6 Å². The highest BCUT2D eigenvalue weighted by Crippen LogP contribution is 2.44. The van der Waals surface area contributed by atoms with Crippen LogP contribution in [-0.2, 0) is 23.8 Å². The van der Waals surface area contributed by atoms with Gasteiger partial charge in [0.25, 0.3) is 5.91 Å². The molecule has 6 bridgehead atoms. The fourth-order valence-electron chi connectivity index (χ4n) is 9.52. The minimum absolute atomic E-state index is 0.00588. The molecule has 4 N–H and O–H groups in total. The number of carbonyl (C=O) groups excluding carboxylic acids is 2. The van der Waals surface area contributed by atoms with Crippen molar-refractivity contribution in [3.8, 4) is 11.5 Å². The quantitative estimate of drug-likeness (QED) is 0.118. The van der Waals surface area contributed by atoms with Gasteiger partial charge in [0.1, 0.15) is 34.9 Å². The van der Waals surface area contributed by atoms with E-state index >= 15 is 4.79 Å². The third kappa shape index (κ3) is 7.74. The van der Waals surface area contributed by atoms with Crippen molar-refractivity contribution in [2.45, 2.75) is 104 Å². The number of aromatic nitrogens is 1. The summed E-state index contributed by atoms with van der Waals surface area (Å²) in [6.45, 7) is 12.9. The average molecular weight is 881 g/mol. The van der Waals surface area contributed by atoms with Crippen LogP contribution in [0.5, 0.6) is 11.5 Å². The number of rotatable bonds is 4. The second-order valence-electron chi connectivity index (χ2n) is 17.7. The molecule has 0 saturated carbocycles. The van der Waals surface area contributed by atoms with Crippen LogP contribution in [0.15, 0.2) is 62.3 Å². The number of aliphatic hydroxyl groups excluding tert-OH is 2. The standard InChI is InChI=1S/C48H56N4O12/c1-22-11-10-12-23(2)47(58)51-39-41(56)35-34(38-45(39)62-32-21-29(20-30(54)37(32)50-38)52-16-13-28(49-8)14-17-52)36-44-26(5)43(35)63-33(19-24(3)40(22)55)42(61-27(6)53)25(4)31(59-9)15-18-60-48(7,64-44)46(36)57/h10-12,15,18,20-22,24-25,28,31,33,40,42,49,55,57H,13-14,16-17,19H2,1-9H3,(H,51,58)/b11-10+,18-15+,23-12-/t22-,24-,25+,31-,33+,40-,42+,48-/m0/s1. The molecule has 16 nitrogen and oxygen atoms in total. The van der Waals surface area contributed by atoms with Gasteiger partial charge in [-0.2, -0.15) is 0 Å². The zero-order valence-electron chi connectivity index (χ0n) is 37.6. The van der Waals surface area contributed by atoms with Crippen molar-refractivity contribution in [3.05, 3.63) is 79.5 Å². The van der Waals surface area contributed by atoms with Gasteiger partial charge in [-0.25, -0.2) is 4.98 Å². The normalized spacial score (nSPS) is 29.7. The molecule has 4 aliphatic rings. The number of hydrogen-bond acceptors (Lipinski definition) is 15. The van der Waals surface area contributed by atoms with E-state index in [1.54, 1.807) is 44.2 Å². The Morgan fingerprint density at radius 2 is 1.78 bits per heavy atom. The lowest BCUT2D eigenvalue weighted by atomic mass is 9.84.